The van der Waals surface area contributed by atoms with E-state index in [1.807, 2.05) is 5.32 Å². The van der Waals surface area contributed by atoms with Gasteiger partial charge in [0, 0.05) is 17.5 Å². The molecule has 1 aromatic heterocycles. The van der Waals surface area contributed by atoms with Gasteiger partial charge in [-0.05, 0) is 30.7 Å². The molecule has 20 heavy (non-hydrogen) atoms. The van der Waals surface area contributed by atoms with E-state index in [4.69, 9.17) is 4.42 Å². The smallest absolute Gasteiger partial charge is 0.461 e. The van der Waals surface area contributed by atoms with E-state index in [1.54, 1.807) is 12.1 Å². The molecule has 3 nitrogen and oxygen atoms in total. The van der Waals surface area contributed by atoms with Crippen molar-refractivity contribution in [1.29, 1.82) is 0 Å². The minimum Gasteiger partial charge on any atom is -0.461 e. The second kappa shape index (κ2) is 5.56. The van der Waals surface area contributed by atoms with E-state index in [-0.39, 0.29) is 5.69 Å². The van der Waals surface area contributed by atoms with Crippen LogP contribution in [0, 0.1) is 0 Å². The van der Waals surface area contributed by atoms with Crippen molar-refractivity contribution in [3.63, 3.8) is 0 Å². The molecule has 1 heterocycles. The maximum absolute atomic E-state index is 12.2. The zero-order chi connectivity index (χ0) is 14.8. The van der Waals surface area contributed by atoms with Crippen LogP contribution in [0.15, 0.2) is 28.7 Å². The van der Waals surface area contributed by atoms with Crippen LogP contribution in [-0.2, 0) is 11.2 Å². The number of anilines is 1. The molecule has 0 aliphatic heterocycles. The lowest BCUT2D eigenvalue weighted by molar-refractivity contribution is -0.167. The van der Waals surface area contributed by atoms with Crippen molar-refractivity contribution >= 4 is 22.6 Å². The Hall–Kier alpha value is -1.98. The number of furan rings is 1. The lowest BCUT2D eigenvalue weighted by Gasteiger charge is -2.07. The number of alkyl halides is 3. The number of unbranched alkanes of at least 4 members (excludes halogenated alkanes) is 1. The third-order valence-corrected chi connectivity index (χ3v) is 2.86. The first kappa shape index (κ1) is 14.4. The van der Waals surface area contributed by atoms with E-state index in [1.165, 1.54) is 12.1 Å². The number of hydrogen-bond acceptors (Lipinski definition) is 2. The van der Waals surface area contributed by atoms with Gasteiger partial charge in [0.1, 0.15) is 11.3 Å². The first-order valence-electron chi connectivity index (χ1n) is 6.31. The third-order valence-electron chi connectivity index (χ3n) is 2.86. The Morgan fingerprint density at radius 2 is 2.05 bits per heavy atom. The fourth-order valence-corrected chi connectivity index (χ4v) is 1.85. The lowest BCUT2D eigenvalue weighted by Crippen LogP contribution is -2.29. The topological polar surface area (TPSA) is 42.2 Å². The fourth-order valence-electron chi connectivity index (χ4n) is 1.85. The Kier molecular flexibility index (Phi) is 4.01. The highest BCUT2D eigenvalue weighted by Gasteiger charge is 2.38. The normalized spacial score (nSPS) is 11.8. The third kappa shape index (κ3) is 3.31. The highest BCUT2D eigenvalue weighted by atomic mass is 19.4. The Labute approximate surface area is 113 Å². The molecule has 0 saturated heterocycles. The van der Waals surface area contributed by atoms with E-state index in [9.17, 15) is 18.0 Å². The maximum atomic E-state index is 12.2. The van der Waals surface area contributed by atoms with Gasteiger partial charge in [0.2, 0.25) is 0 Å². The highest BCUT2D eigenvalue weighted by molar-refractivity contribution is 5.96. The Bertz CT molecular complexity index is 616. The van der Waals surface area contributed by atoms with E-state index >= 15 is 0 Å². The van der Waals surface area contributed by atoms with E-state index in [0.29, 0.717) is 11.0 Å². The first-order chi connectivity index (χ1) is 9.40. The first-order valence-corrected chi connectivity index (χ1v) is 6.31. The molecule has 1 N–H and O–H groups in total. The van der Waals surface area contributed by atoms with Crippen LogP contribution in [-0.4, -0.2) is 12.1 Å². The number of hydrogen-bond donors (Lipinski definition) is 1. The fraction of sp³-hybridized carbons (Fsp3) is 0.357. The molecule has 2 aromatic rings. The van der Waals surface area contributed by atoms with Crippen molar-refractivity contribution in [3.8, 4) is 0 Å². The van der Waals surface area contributed by atoms with Crippen molar-refractivity contribution in [2.24, 2.45) is 0 Å². The number of benzene rings is 1. The predicted octanol–water partition coefficient (Wildman–Crippen LogP) is 4.28. The number of halogens is 3. The molecule has 0 bridgehead atoms. The standard InChI is InChI=1S/C14H14F3NO2/c1-2-3-4-11-8-9-7-10(5-6-12(9)20-11)18-13(19)14(15,16)17/h5-8H,2-4H2,1H3,(H,18,19). The van der Waals surface area contributed by atoms with Gasteiger partial charge in [0.25, 0.3) is 0 Å². The van der Waals surface area contributed by atoms with Crippen LogP contribution in [0.3, 0.4) is 0 Å². The van der Waals surface area contributed by atoms with Gasteiger partial charge in [0.05, 0.1) is 0 Å². The molecule has 0 aliphatic rings. The minimum absolute atomic E-state index is 0.0997. The molecule has 0 atom stereocenters. The number of rotatable bonds is 4. The number of amides is 1. The van der Waals surface area contributed by atoms with E-state index < -0.39 is 12.1 Å². The van der Waals surface area contributed by atoms with Gasteiger partial charge in [-0.15, -0.1) is 0 Å². The molecular formula is C14H14F3NO2. The van der Waals surface area contributed by atoms with Crippen LogP contribution in [0.25, 0.3) is 11.0 Å². The summed E-state index contributed by atoms with van der Waals surface area (Å²) in [6, 6.07) is 6.20. The molecule has 0 saturated carbocycles. The highest BCUT2D eigenvalue weighted by Crippen LogP contribution is 2.25. The number of nitrogens with one attached hydrogen (secondary N) is 1. The average Bonchev–Trinajstić information content (AvgIpc) is 2.77. The number of fused-ring (bicyclic) bond motifs is 1. The van der Waals surface area contributed by atoms with Gasteiger partial charge in [-0.1, -0.05) is 13.3 Å². The lowest BCUT2D eigenvalue weighted by atomic mass is 10.2. The van der Waals surface area contributed by atoms with E-state index in [0.717, 1.165) is 25.0 Å². The Balaban J connectivity index is 2.18. The average molecular weight is 285 g/mol. The van der Waals surface area contributed by atoms with Gasteiger partial charge in [-0.3, -0.25) is 4.79 Å². The van der Waals surface area contributed by atoms with Gasteiger partial charge < -0.3 is 9.73 Å². The molecule has 0 aliphatic carbocycles. The summed E-state index contributed by atoms with van der Waals surface area (Å²) in [7, 11) is 0. The molecule has 0 radical (unpaired) electrons. The number of carbonyl (C=O) groups excluding carboxylic acids is 1. The van der Waals surface area contributed by atoms with Crippen LogP contribution in [0.4, 0.5) is 18.9 Å². The minimum atomic E-state index is -4.89. The van der Waals surface area contributed by atoms with Crippen molar-refractivity contribution in [3.05, 3.63) is 30.0 Å². The van der Waals surface area contributed by atoms with Crippen molar-refractivity contribution in [2.45, 2.75) is 32.4 Å². The monoisotopic (exact) mass is 285 g/mol. The quantitative estimate of drug-likeness (QED) is 0.911. The molecule has 1 aromatic carbocycles. The predicted molar refractivity (Wildman–Crippen MR) is 69.5 cm³/mol. The maximum Gasteiger partial charge on any atom is 0.471 e. The zero-order valence-corrected chi connectivity index (χ0v) is 10.9. The van der Waals surface area contributed by atoms with E-state index in [2.05, 4.69) is 6.92 Å². The molecule has 1 amide bonds. The Morgan fingerprint density at radius 3 is 2.70 bits per heavy atom. The largest absolute Gasteiger partial charge is 0.471 e. The van der Waals surface area contributed by atoms with Crippen LogP contribution in [0.2, 0.25) is 0 Å². The summed E-state index contributed by atoms with van der Waals surface area (Å²) < 4.78 is 42.0. The molecule has 2 rings (SSSR count). The summed E-state index contributed by atoms with van der Waals surface area (Å²) in [5.41, 5.74) is 0.698. The van der Waals surface area contributed by atoms with Gasteiger partial charge in [-0.2, -0.15) is 13.2 Å². The van der Waals surface area contributed by atoms with Crippen molar-refractivity contribution in [1.82, 2.24) is 0 Å². The SMILES string of the molecule is CCCCc1cc2cc(NC(=O)C(F)(F)F)ccc2o1. The molecule has 0 spiro atoms. The summed E-state index contributed by atoms with van der Waals surface area (Å²) in [6.07, 6.45) is -2.09. The summed E-state index contributed by atoms with van der Waals surface area (Å²) in [5.74, 6) is -1.19. The second-order valence-corrected chi connectivity index (χ2v) is 4.52. The summed E-state index contributed by atoms with van der Waals surface area (Å²) in [4.78, 5) is 10.9. The van der Waals surface area contributed by atoms with Crippen LogP contribution in [0.1, 0.15) is 25.5 Å². The second-order valence-electron chi connectivity index (χ2n) is 4.52. The van der Waals surface area contributed by atoms with Crippen LogP contribution >= 0.6 is 0 Å². The van der Waals surface area contributed by atoms with Crippen LogP contribution < -0.4 is 5.32 Å². The zero-order valence-electron chi connectivity index (χ0n) is 10.9. The number of carbonyl (C=O) groups is 1. The summed E-state index contributed by atoms with van der Waals surface area (Å²) in [6.45, 7) is 2.06. The van der Waals surface area contributed by atoms with Gasteiger partial charge in [0.15, 0.2) is 0 Å². The van der Waals surface area contributed by atoms with Crippen molar-refractivity contribution in [2.75, 3.05) is 5.32 Å². The molecule has 108 valence electrons. The Morgan fingerprint density at radius 1 is 1.30 bits per heavy atom. The van der Waals surface area contributed by atoms with Gasteiger partial charge in [-0.25, -0.2) is 0 Å². The summed E-state index contributed by atoms with van der Waals surface area (Å²) in [5, 5.41) is 2.50. The van der Waals surface area contributed by atoms with Gasteiger partial charge >= 0.3 is 12.1 Å². The molecular weight excluding hydrogens is 271 g/mol. The number of aryl methyl sites for hydroxylation is 1. The van der Waals surface area contributed by atoms with Crippen LogP contribution in [0.5, 0.6) is 0 Å². The summed E-state index contributed by atoms with van der Waals surface area (Å²) >= 11 is 0. The molecule has 6 heteroatoms. The van der Waals surface area contributed by atoms with Crippen molar-refractivity contribution < 1.29 is 22.4 Å². The molecule has 0 unspecified atom stereocenters. The molecule has 0 fully saturated rings.